The summed E-state index contributed by atoms with van der Waals surface area (Å²) in [5.41, 5.74) is 6.15. The summed E-state index contributed by atoms with van der Waals surface area (Å²) in [4.78, 5) is 0. The molecule has 0 aliphatic heterocycles. The maximum Gasteiger partial charge on any atom is 0.0587 e. The van der Waals surface area contributed by atoms with Crippen LogP contribution >= 0.6 is 0 Å². The number of nitrogens with one attached hydrogen (secondary N) is 1. The fraction of sp³-hybridized carbons (Fsp3) is 1.00. The second kappa shape index (κ2) is 6.58. The molecule has 1 aliphatic rings. The summed E-state index contributed by atoms with van der Waals surface area (Å²) in [6, 6.07) is 0. The normalized spacial score (nSPS) is 30.9. The highest BCUT2D eigenvalue weighted by Gasteiger charge is 2.35. The van der Waals surface area contributed by atoms with Crippen LogP contribution in [0.5, 0.6) is 0 Å². The summed E-state index contributed by atoms with van der Waals surface area (Å²) >= 11 is 0. The summed E-state index contributed by atoms with van der Waals surface area (Å²) in [5, 5.41) is 3.62. The number of nitrogens with two attached hydrogens (primary N) is 1. The molecule has 16 heavy (non-hydrogen) atoms. The predicted molar refractivity (Wildman–Crippen MR) is 68.5 cm³/mol. The Hall–Kier alpha value is -0.120. The van der Waals surface area contributed by atoms with Crippen molar-refractivity contribution in [2.24, 2.45) is 17.6 Å². The lowest BCUT2D eigenvalue weighted by atomic mass is 9.71. The minimum Gasteiger partial charge on any atom is -0.383 e. The van der Waals surface area contributed by atoms with Gasteiger partial charge in [-0.15, -0.1) is 0 Å². The third kappa shape index (κ3) is 3.72. The zero-order valence-corrected chi connectivity index (χ0v) is 11.1. The van der Waals surface area contributed by atoms with Crippen molar-refractivity contribution in [1.82, 2.24) is 5.32 Å². The molecule has 1 aliphatic carbocycles. The van der Waals surface area contributed by atoms with Crippen LogP contribution in [0.15, 0.2) is 0 Å². The van der Waals surface area contributed by atoms with E-state index in [1.54, 1.807) is 7.11 Å². The number of rotatable bonds is 6. The smallest absolute Gasteiger partial charge is 0.0587 e. The van der Waals surface area contributed by atoms with Crippen molar-refractivity contribution in [1.29, 1.82) is 0 Å². The van der Waals surface area contributed by atoms with Gasteiger partial charge in [0.15, 0.2) is 0 Å². The van der Waals surface area contributed by atoms with Crippen molar-refractivity contribution in [3.8, 4) is 0 Å². The molecule has 0 aromatic heterocycles. The minimum absolute atomic E-state index is 0.172. The molecule has 2 atom stereocenters. The molecule has 0 aromatic rings. The molecule has 3 N–H and O–H groups in total. The Morgan fingerprint density at radius 1 is 1.50 bits per heavy atom. The Morgan fingerprint density at radius 2 is 2.25 bits per heavy atom. The summed E-state index contributed by atoms with van der Waals surface area (Å²) in [5.74, 6) is 1.60. The van der Waals surface area contributed by atoms with Crippen LogP contribution in [0.2, 0.25) is 0 Å². The molecule has 0 radical (unpaired) electrons. The third-order valence-electron chi connectivity index (χ3n) is 4.02. The summed E-state index contributed by atoms with van der Waals surface area (Å²) in [6.07, 6.45) is 5.12. The molecular formula is C13H28N2O. The molecule has 96 valence electrons. The van der Waals surface area contributed by atoms with Crippen molar-refractivity contribution >= 4 is 0 Å². The fourth-order valence-corrected chi connectivity index (χ4v) is 2.81. The van der Waals surface area contributed by atoms with Crippen LogP contribution in [0, 0.1) is 11.8 Å². The Kier molecular flexibility index (Phi) is 5.73. The van der Waals surface area contributed by atoms with Gasteiger partial charge in [-0.3, -0.25) is 0 Å². The van der Waals surface area contributed by atoms with Gasteiger partial charge in [0, 0.05) is 25.7 Å². The lowest BCUT2D eigenvalue weighted by Crippen LogP contribution is -2.55. The van der Waals surface area contributed by atoms with Crippen molar-refractivity contribution in [2.75, 3.05) is 26.8 Å². The van der Waals surface area contributed by atoms with Gasteiger partial charge < -0.3 is 15.8 Å². The first kappa shape index (κ1) is 13.9. The zero-order valence-electron chi connectivity index (χ0n) is 11.1. The largest absolute Gasteiger partial charge is 0.383 e. The topological polar surface area (TPSA) is 47.3 Å². The van der Waals surface area contributed by atoms with E-state index in [1.165, 1.54) is 25.7 Å². The van der Waals surface area contributed by atoms with Crippen LogP contribution < -0.4 is 11.1 Å². The Bertz CT molecular complexity index is 196. The number of hydrogen-bond donors (Lipinski definition) is 2. The monoisotopic (exact) mass is 228 g/mol. The van der Waals surface area contributed by atoms with E-state index in [0.717, 1.165) is 31.5 Å². The van der Waals surface area contributed by atoms with Crippen molar-refractivity contribution in [3.63, 3.8) is 0 Å². The first-order valence-corrected chi connectivity index (χ1v) is 6.57. The van der Waals surface area contributed by atoms with E-state index in [-0.39, 0.29) is 5.54 Å². The van der Waals surface area contributed by atoms with Crippen LogP contribution in [0.1, 0.15) is 39.5 Å². The molecule has 1 fully saturated rings. The van der Waals surface area contributed by atoms with Crippen LogP contribution in [0.25, 0.3) is 0 Å². The van der Waals surface area contributed by atoms with Gasteiger partial charge in [0.1, 0.15) is 0 Å². The highest BCUT2D eigenvalue weighted by atomic mass is 16.5. The van der Waals surface area contributed by atoms with Gasteiger partial charge in [0.2, 0.25) is 0 Å². The van der Waals surface area contributed by atoms with Crippen molar-refractivity contribution < 1.29 is 4.74 Å². The van der Waals surface area contributed by atoms with Crippen molar-refractivity contribution in [2.45, 2.75) is 45.1 Å². The molecule has 0 heterocycles. The summed E-state index contributed by atoms with van der Waals surface area (Å²) < 4.78 is 5.09. The molecule has 2 unspecified atom stereocenters. The molecule has 0 saturated heterocycles. The average Bonchev–Trinajstić information content (AvgIpc) is 2.30. The summed E-state index contributed by atoms with van der Waals surface area (Å²) in [7, 11) is 1.74. The number of methoxy groups -OCH3 is 1. The SMILES string of the molecule is COCCNC1(CN)CCCC(C(C)C)C1. The highest BCUT2D eigenvalue weighted by molar-refractivity contribution is 4.95. The molecule has 1 rings (SSSR count). The lowest BCUT2D eigenvalue weighted by Gasteiger charge is -2.42. The van der Waals surface area contributed by atoms with E-state index >= 15 is 0 Å². The van der Waals surface area contributed by atoms with Gasteiger partial charge in [0.05, 0.1) is 6.61 Å². The Morgan fingerprint density at radius 3 is 2.81 bits per heavy atom. The second-order valence-corrected chi connectivity index (χ2v) is 5.50. The van der Waals surface area contributed by atoms with Crippen LogP contribution in [-0.4, -0.2) is 32.3 Å². The molecule has 0 bridgehead atoms. The van der Waals surface area contributed by atoms with E-state index in [1.807, 2.05) is 0 Å². The Balaban J connectivity index is 2.49. The standard InChI is InChI=1S/C13H28N2O/c1-11(2)12-5-4-6-13(9-12,10-14)15-7-8-16-3/h11-12,15H,4-10,14H2,1-3H3. The maximum atomic E-state index is 5.98. The van der Waals surface area contributed by atoms with E-state index in [4.69, 9.17) is 10.5 Å². The van der Waals surface area contributed by atoms with Gasteiger partial charge in [-0.25, -0.2) is 0 Å². The van der Waals surface area contributed by atoms with Crippen molar-refractivity contribution in [3.05, 3.63) is 0 Å². The van der Waals surface area contributed by atoms with Gasteiger partial charge in [-0.2, -0.15) is 0 Å². The van der Waals surface area contributed by atoms with E-state index in [9.17, 15) is 0 Å². The highest BCUT2D eigenvalue weighted by Crippen LogP contribution is 2.35. The zero-order chi connectivity index (χ0) is 12.0. The van der Waals surface area contributed by atoms with E-state index in [2.05, 4.69) is 19.2 Å². The third-order valence-corrected chi connectivity index (χ3v) is 4.02. The number of hydrogen-bond acceptors (Lipinski definition) is 3. The van der Waals surface area contributed by atoms with Crippen LogP contribution in [-0.2, 0) is 4.74 Å². The fourth-order valence-electron chi connectivity index (χ4n) is 2.81. The van der Waals surface area contributed by atoms with Gasteiger partial charge in [-0.1, -0.05) is 26.7 Å². The van der Waals surface area contributed by atoms with Gasteiger partial charge in [-0.05, 0) is 24.7 Å². The number of ether oxygens (including phenoxy) is 1. The van der Waals surface area contributed by atoms with Gasteiger partial charge >= 0.3 is 0 Å². The van der Waals surface area contributed by atoms with Crippen LogP contribution in [0.3, 0.4) is 0 Å². The van der Waals surface area contributed by atoms with Gasteiger partial charge in [0.25, 0.3) is 0 Å². The molecule has 0 amide bonds. The molecule has 0 spiro atoms. The predicted octanol–water partition coefficient (Wildman–Crippen LogP) is 1.77. The second-order valence-electron chi connectivity index (χ2n) is 5.50. The van der Waals surface area contributed by atoms with E-state index in [0.29, 0.717) is 0 Å². The minimum atomic E-state index is 0.172. The molecular weight excluding hydrogens is 200 g/mol. The first-order valence-electron chi connectivity index (χ1n) is 6.57. The lowest BCUT2D eigenvalue weighted by molar-refractivity contribution is 0.133. The summed E-state index contributed by atoms with van der Waals surface area (Å²) in [6.45, 7) is 7.09. The first-order chi connectivity index (χ1) is 7.63. The Labute approximate surface area is 100 Å². The quantitative estimate of drug-likeness (QED) is 0.681. The average molecular weight is 228 g/mol. The maximum absolute atomic E-state index is 5.98. The molecule has 3 nitrogen and oxygen atoms in total. The molecule has 0 aromatic carbocycles. The van der Waals surface area contributed by atoms with Crippen LogP contribution in [0.4, 0.5) is 0 Å². The molecule has 3 heteroatoms. The van der Waals surface area contributed by atoms with E-state index < -0.39 is 0 Å². The molecule has 1 saturated carbocycles.